The van der Waals surface area contributed by atoms with Crippen LogP contribution in [0.5, 0.6) is 0 Å². The molecule has 112 valence electrons. The zero-order valence-electron chi connectivity index (χ0n) is 12.1. The lowest BCUT2D eigenvalue weighted by Gasteiger charge is -2.07. The molecule has 0 saturated heterocycles. The molecule has 1 N–H and O–H groups in total. The van der Waals surface area contributed by atoms with Crippen molar-refractivity contribution in [3.8, 4) is 0 Å². The summed E-state index contributed by atoms with van der Waals surface area (Å²) in [7, 11) is 1.55. The van der Waals surface area contributed by atoms with Gasteiger partial charge in [-0.15, -0.1) is 0 Å². The molecule has 7 heteroatoms. The number of esters is 1. The Morgan fingerprint density at radius 2 is 2.15 bits per heavy atom. The summed E-state index contributed by atoms with van der Waals surface area (Å²) in [6.45, 7) is 4.83. The van der Waals surface area contributed by atoms with Crippen molar-refractivity contribution in [2.24, 2.45) is 0 Å². The van der Waals surface area contributed by atoms with Gasteiger partial charge in [-0.1, -0.05) is 0 Å². The van der Waals surface area contributed by atoms with E-state index in [2.05, 4.69) is 10.4 Å². The number of aromatic nitrogens is 2. The summed E-state index contributed by atoms with van der Waals surface area (Å²) in [5.41, 5.74) is 1.90. The molecule has 7 nitrogen and oxygen atoms in total. The summed E-state index contributed by atoms with van der Waals surface area (Å²) in [4.78, 5) is 22.8. The number of hydrogen-bond acceptors (Lipinski definition) is 5. The van der Waals surface area contributed by atoms with Crippen LogP contribution in [0.25, 0.3) is 0 Å². The van der Waals surface area contributed by atoms with Gasteiger partial charge in [0.1, 0.15) is 0 Å². The number of carbonyl (C=O) groups is 2. The van der Waals surface area contributed by atoms with E-state index in [0.717, 1.165) is 11.4 Å². The van der Waals surface area contributed by atoms with E-state index < -0.39 is 5.97 Å². The number of ether oxygens (including phenoxy) is 2. The molecule has 1 aromatic heterocycles. The first-order valence-electron chi connectivity index (χ1n) is 6.45. The third-order valence-electron chi connectivity index (χ3n) is 2.62. The summed E-state index contributed by atoms with van der Waals surface area (Å²) in [5, 5.41) is 6.81. The lowest BCUT2D eigenvalue weighted by Crippen LogP contribution is -2.31. The van der Waals surface area contributed by atoms with Crippen molar-refractivity contribution in [2.75, 3.05) is 26.9 Å². The smallest absolute Gasteiger partial charge is 0.308 e. The van der Waals surface area contributed by atoms with Crippen LogP contribution in [0.3, 0.4) is 0 Å². The SMILES string of the molecule is COCCNC(=O)COC(=O)CCn1nc(C)cc1C. The van der Waals surface area contributed by atoms with Crippen molar-refractivity contribution < 1.29 is 19.1 Å². The highest BCUT2D eigenvalue weighted by molar-refractivity contribution is 5.80. The fraction of sp³-hybridized carbons (Fsp3) is 0.615. The van der Waals surface area contributed by atoms with Gasteiger partial charge in [0, 0.05) is 19.3 Å². The molecule has 1 rings (SSSR count). The number of aryl methyl sites for hydroxylation is 3. The predicted octanol–water partition coefficient (Wildman–Crippen LogP) is 0.196. The minimum atomic E-state index is -0.417. The van der Waals surface area contributed by atoms with Gasteiger partial charge in [-0.3, -0.25) is 14.3 Å². The van der Waals surface area contributed by atoms with Gasteiger partial charge in [-0.05, 0) is 19.9 Å². The van der Waals surface area contributed by atoms with Gasteiger partial charge in [0.2, 0.25) is 0 Å². The number of nitrogens with zero attached hydrogens (tertiary/aromatic N) is 2. The normalized spacial score (nSPS) is 10.3. The third-order valence-corrected chi connectivity index (χ3v) is 2.62. The number of amides is 1. The molecule has 0 spiro atoms. The van der Waals surface area contributed by atoms with E-state index >= 15 is 0 Å². The quantitative estimate of drug-likeness (QED) is 0.544. The summed E-state index contributed by atoms with van der Waals surface area (Å²) < 4.78 is 11.4. The Kier molecular flexibility index (Phi) is 6.72. The van der Waals surface area contributed by atoms with E-state index in [1.54, 1.807) is 11.8 Å². The maximum Gasteiger partial charge on any atom is 0.308 e. The Morgan fingerprint density at radius 1 is 1.40 bits per heavy atom. The Morgan fingerprint density at radius 3 is 2.75 bits per heavy atom. The lowest BCUT2D eigenvalue weighted by molar-refractivity contribution is -0.148. The number of carbonyl (C=O) groups excluding carboxylic acids is 2. The molecule has 0 fully saturated rings. The van der Waals surface area contributed by atoms with Crippen LogP contribution in [0, 0.1) is 13.8 Å². The van der Waals surface area contributed by atoms with Crippen molar-refractivity contribution in [3.05, 3.63) is 17.5 Å². The van der Waals surface area contributed by atoms with Gasteiger partial charge in [-0.25, -0.2) is 0 Å². The Bertz CT molecular complexity index is 456. The van der Waals surface area contributed by atoms with Crippen LogP contribution in [0.2, 0.25) is 0 Å². The molecular weight excluding hydrogens is 262 g/mol. The number of rotatable bonds is 8. The Labute approximate surface area is 118 Å². The van der Waals surface area contributed by atoms with Crippen LogP contribution in [-0.4, -0.2) is 48.5 Å². The average molecular weight is 283 g/mol. The summed E-state index contributed by atoms with van der Waals surface area (Å²) in [6.07, 6.45) is 0.188. The van der Waals surface area contributed by atoms with Crippen LogP contribution in [0.4, 0.5) is 0 Å². The zero-order chi connectivity index (χ0) is 15.0. The molecule has 0 saturated carbocycles. The second kappa shape index (κ2) is 8.31. The van der Waals surface area contributed by atoms with Crippen molar-refractivity contribution in [3.63, 3.8) is 0 Å². The first-order chi connectivity index (χ1) is 9.52. The molecule has 0 aromatic carbocycles. The van der Waals surface area contributed by atoms with Crippen LogP contribution >= 0.6 is 0 Å². The van der Waals surface area contributed by atoms with Crippen molar-refractivity contribution in [1.82, 2.24) is 15.1 Å². The minimum absolute atomic E-state index is 0.188. The highest BCUT2D eigenvalue weighted by Crippen LogP contribution is 2.03. The molecule has 0 bridgehead atoms. The summed E-state index contributed by atoms with van der Waals surface area (Å²) >= 11 is 0. The van der Waals surface area contributed by atoms with E-state index in [9.17, 15) is 9.59 Å². The molecule has 0 atom stereocenters. The second-order valence-electron chi connectivity index (χ2n) is 4.40. The predicted molar refractivity (Wildman–Crippen MR) is 72.2 cm³/mol. The van der Waals surface area contributed by atoms with E-state index in [1.807, 2.05) is 19.9 Å². The van der Waals surface area contributed by atoms with Crippen molar-refractivity contribution in [1.29, 1.82) is 0 Å². The molecule has 20 heavy (non-hydrogen) atoms. The van der Waals surface area contributed by atoms with Crippen LogP contribution < -0.4 is 5.32 Å². The van der Waals surface area contributed by atoms with Crippen LogP contribution in [0.15, 0.2) is 6.07 Å². The van der Waals surface area contributed by atoms with Crippen LogP contribution in [0.1, 0.15) is 17.8 Å². The minimum Gasteiger partial charge on any atom is -0.456 e. The topological polar surface area (TPSA) is 82.5 Å². The molecule has 1 aromatic rings. The lowest BCUT2D eigenvalue weighted by atomic mass is 10.4. The standard InChI is InChI=1S/C13H21N3O4/c1-10-8-11(2)16(15-10)6-4-13(18)20-9-12(17)14-5-7-19-3/h8H,4-7,9H2,1-3H3,(H,14,17). The third kappa shape index (κ3) is 5.83. The van der Waals surface area contributed by atoms with Gasteiger partial charge < -0.3 is 14.8 Å². The highest BCUT2D eigenvalue weighted by Gasteiger charge is 2.09. The van der Waals surface area contributed by atoms with Crippen molar-refractivity contribution >= 4 is 11.9 Å². The van der Waals surface area contributed by atoms with Gasteiger partial charge >= 0.3 is 5.97 Å². The number of hydrogen-bond donors (Lipinski definition) is 1. The fourth-order valence-electron chi connectivity index (χ4n) is 1.66. The maximum atomic E-state index is 11.5. The molecular formula is C13H21N3O4. The fourth-order valence-corrected chi connectivity index (χ4v) is 1.66. The van der Waals surface area contributed by atoms with Crippen molar-refractivity contribution in [2.45, 2.75) is 26.8 Å². The van der Waals surface area contributed by atoms with E-state index in [4.69, 9.17) is 9.47 Å². The van der Waals surface area contributed by atoms with Crippen LogP contribution in [-0.2, 0) is 25.6 Å². The summed E-state index contributed by atoms with van der Waals surface area (Å²) in [5.74, 6) is -0.749. The molecule has 1 heterocycles. The first-order valence-corrected chi connectivity index (χ1v) is 6.45. The monoisotopic (exact) mass is 283 g/mol. The Hall–Kier alpha value is -1.89. The van der Waals surface area contributed by atoms with E-state index in [0.29, 0.717) is 19.7 Å². The molecule has 0 unspecified atom stereocenters. The largest absolute Gasteiger partial charge is 0.456 e. The summed E-state index contributed by atoms with van der Waals surface area (Å²) in [6, 6.07) is 1.94. The van der Waals surface area contributed by atoms with Gasteiger partial charge in [0.25, 0.3) is 5.91 Å². The number of methoxy groups -OCH3 is 1. The Balaban J connectivity index is 2.20. The van der Waals surface area contributed by atoms with E-state index in [-0.39, 0.29) is 18.9 Å². The van der Waals surface area contributed by atoms with Gasteiger partial charge in [0.05, 0.1) is 25.3 Å². The molecule has 1 amide bonds. The van der Waals surface area contributed by atoms with Gasteiger partial charge in [-0.2, -0.15) is 5.10 Å². The average Bonchev–Trinajstić information content (AvgIpc) is 2.72. The molecule has 0 aliphatic heterocycles. The molecule has 0 radical (unpaired) electrons. The zero-order valence-corrected chi connectivity index (χ0v) is 12.1. The first kappa shape index (κ1) is 16.2. The highest BCUT2D eigenvalue weighted by atomic mass is 16.5. The number of nitrogens with one attached hydrogen (secondary N) is 1. The maximum absolute atomic E-state index is 11.5. The van der Waals surface area contributed by atoms with E-state index in [1.165, 1.54) is 0 Å². The second-order valence-corrected chi connectivity index (χ2v) is 4.40. The molecule has 0 aliphatic carbocycles. The van der Waals surface area contributed by atoms with Gasteiger partial charge in [0.15, 0.2) is 6.61 Å². The molecule has 0 aliphatic rings.